The van der Waals surface area contributed by atoms with Gasteiger partial charge in [0.1, 0.15) is 6.04 Å². The highest BCUT2D eigenvalue weighted by molar-refractivity contribution is 6.35. The van der Waals surface area contributed by atoms with Gasteiger partial charge in [0.15, 0.2) is 5.75 Å². The molecule has 0 spiro atoms. The van der Waals surface area contributed by atoms with E-state index in [2.05, 4.69) is 53.7 Å². The summed E-state index contributed by atoms with van der Waals surface area (Å²) >= 11 is 6.82. The molecule has 1 N–H and O–H groups in total. The largest absolute Gasteiger partial charge is 0.423 e. The van der Waals surface area contributed by atoms with Gasteiger partial charge in [-0.1, -0.05) is 121 Å². The zero-order valence-corrected chi connectivity index (χ0v) is 28.4. The number of hydrogen-bond acceptors (Lipinski definition) is 5. The minimum atomic E-state index is -0.867. The number of nitrogens with zero attached hydrogens (tertiary/aromatic N) is 3. The first kappa shape index (κ1) is 32.6. The molecule has 0 radical (unpaired) electrons. The first-order chi connectivity index (χ1) is 23.9. The Bertz CT molecular complexity index is 2020. The van der Waals surface area contributed by atoms with E-state index in [1.54, 1.807) is 28.8 Å². The molecule has 8 heteroatoms. The molecule has 7 nitrogen and oxygen atoms in total. The lowest BCUT2D eigenvalue weighted by atomic mass is 9.76. The zero-order chi connectivity index (χ0) is 34.0. The number of esters is 1. The van der Waals surface area contributed by atoms with Crippen LogP contribution in [0.4, 0.5) is 0 Å². The van der Waals surface area contributed by atoms with Crippen LogP contribution >= 0.6 is 11.6 Å². The summed E-state index contributed by atoms with van der Waals surface area (Å²) in [6.45, 7) is 3.61. The van der Waals surface area contributed by atoms with Crippen LogP contribution in [0.1, 0.15) is 42.5 Å². The lowest BCUT2D eigenvalue weighted by Crippen LogP contribution is -2.52. The molecule has 1 aliphatic rings. The molecule has 7 rings (SSSR count). The van der Waals surface area contributed by atoms with Gasteiger partial charge in [0.05, 0.1) is 27.3 Å². The summed E-state index contributed by atoms with van der Waals surface area (Å²) in [6, 6.07) is 42.4. The summed E-state index contributed by atoms with van der Waals surface area (Å²) in [5.41, 5.74) is 3.69. The number of imidazole rings is 1. The highest BCUT2D eigenvalue weighted by atomic mass is 35.5. The van der Waals surface area contributed by atoms with Crippen molar-refractivity contribution in [1.29, 1.82) is 0 Å². The smallest absolute Gasteiger partial charge is 0.334 e. The maximum Gasteiger partial charge on any atom is 0.334 e. The second-order valence-electron chi connectivity index (χ2n) is 12.7. The number of ether oxygens (including phenoxy) is 1. The van der Waals surface area contributed by atoms with Crippen LogP contribution in [-0.2, 0) is 10.3 Å². The van der Waals surface area contributed by atoms with Crippen molar-refractivity contribution in [1.82, 2.24) is 19.4 Å². The van der Waals surface area contributed by atoms with Crippen molar-refractivity contribution < 1.29 is 9.53 Å². The van der Waals surface area contributed by atoms with Crippen LogP contribution in [0.3, 0.4) is 0 Å². The Morgan fingerprint density at radius 2 is 1.31 bits per heavy atom. The number of carbonyl (C=O) groups excluding carboxylic acids is 1. The number of fused-ring (bicyclic) bond motifs is 1. The van der Waals surface area contributed by atoms with Gasteiger partial charge in [0, 0.05) is 6.04 Å². The molecule has 1 fully saturated rings. The fourth-order valence-electron chi connectivity index (χ4n) is 7.18. The fraction of sp³-hybridized carbons (Fsp3) is 0.220. The summed E-state index contributed by atoms with van der Waals surface area (Å²) in [4.78, 5) is 30.8. The van der Waals surface area contributed by atoms with Crippen LogP contribution in [0.2, 0.25) is 5.02 Å². The van der Waals surface area contributed by atoms with Gasteiger partial charge in [-0.3, -0.25) is 14.5 Å². The third kappa shape index (κ3) is 6.10. The molecule has 0 aliphatic carbocycles. The topological polar surface area (TPSA) is 68.5 Å². The van der Waals surface area contributed by atoms with Crippen molar-refractivity contribution in [2.45, 2.75) is 37.4 Å². The summed E-state index contributed by atoms with van der Waals surface area (Å²) < 4.78 is 9.67. The number of benzene rings is 5. The van der Waals surface area contributed by atoms with Crippen LogP contribution in [0, 0.1) is 0 Å². The number of nitrogens with one attached hydrogen (secondary N) is 1. The Balaban J connectivity index is 1.28. The number of carbonyl (C=O) groups is 1. The number of aromatic nitrogens is 2. The Hall–Kier alpha value is -4.95. The van der Waals surface area contributed by atoms with E-state index >= 15 is 0 Å². The minimum Gasteiger partial charge on any atom is -0.423 e. The molecule has 1 saturated heterocycles. The molecule has 248 valence electrons. The van der Waals surface area contributed by atoms with Gasteiger partial charge in [0.25, 0.3) is 0 Å². The van der Waals surface area contributed by atoms with Crippen LogP contribution in [0.5, 0.6) is 5.75 Å². The third-order valence-electron chi connectivity index (χ3n) is 9.62. The van der Waals surface area contributed by atoms with E-state index in [0.717, 1.165) is 48.1 Å². The average Bonchev–Trinajstić information content (AvgIpc) is 3.44. The van der Waals surface area contributed by atoms with E-state index in [1.165, 1.54) is 0 Å². The van der Waals surface area contributed by atoms with Gasteiger partial charge in [-0.05, 0) is 80.9 Å². The number of rotatable bonds is 9. The molecule has 1 aliphatic heterocycles. The van der Waals surface area contributed by atoms with Gasteiger partial charge in [-0.2, -0.15) is 0 Å². The molecule has 0 bridgehead atoms. The molecule has 49 heavy (non-hydrogen) atoms. The zero-order valence-electron chi connectivity index (χ0n) is 27.6. The first-order valence-corrected chi connectivity index (χ1v) is 17.1. The van der Waals surface area contributed by atoms with Crippen LogP contribution < -0.4 is 15.7 Å². The predicted molar refractivity (Wildman–Crippen MR) is 196 cm³/mol. The molecule has 5 aromatic carbocycles. The standard InChI is InChI=1S/C41H39ClN4O3/c1-29(43-41(30-15-6-3-7-16-30,31-17-8-4-9-18-31)32-19-10-5-11-20-32)39(47)49-37-24-13-12-22-35(37)46-38-34(42)21-14-23-36(38)45(40(46)48)33-25-27-44(2)28-26-33/h3-24,29,33,43H,25-28H2,1-2H3/t29-/m0/s1. The van der Waals surface area contributed by atoms with Gasteiger partial charge < -0.3 is 9.64 Å². The number of hydrogen-bond donors (Lipinski definition) is 1. The monoisotopic (exact) mass is 670 g/mol. The molecule has 0 saturated carbocycles. The molecule has 6 aromatic rings. The Kier molecular flexibility index (Phi) is 9.23. The van der Waals surface area contributed by atoms with Gasteiger partial charge >= 0.3 is 11.7 Å². The Morgan fingerprint density at radius 3 is 1.88 bits per heavy atom. The summed E-state index contributed by atoms with van der Waals surface area (Å²) in [6.07, 6.45) is 1.71. The molecule has 2 heterocycles. The van der Waals surface area contributed by atoms with Crippen molar-refractivity contribution in [2.24, 2.45) is 0 Å². The maximum absolute atomic E-state index is 14.4. The molecule has 0 amide bonds. The summed E-state index contributed by atoms with van der Waals surface area (Å²) in [5, 5.41) is 4.14. The number of halogens is 1. The van der Waals surface area contributed by atoms with Crippen molar-refractivity contribution in [3.05, 3.63) is 166 Å². The number of para-hydroxylation sites is 3. The predicted octanol–water partition coefficient (Wildman–Crippen LogP) is 7.59. The third-order valence-corrected chi connectivity index (χ3v) is 9.93. The highest BCUT2D eigenvalue weighted by Gasteiger charge is 2.39. The van der Waals surface area contributed by atoms with Gasteiger partial charge in [-0.15, -0.1) is 0 Å². The average molecular weight is 671 g/mol. The van der Waals surface area contributed by atoms with Crippen molar-refractivity contribution in [2.75, 3.05) is 20.1 Å². The SMILES string of the molecule is C[C@H](NC(c1ccccc1)(c1ccccc1)c1ccccc1)C(=O)Oc1ccccc1-n1c(=O)n(C2CCN(C)CC2)c2cccc(Cl)c21. The van der Waals surface area contributed by atoms with E-state index in [4.69, 9.17) is 16.3 Å². The van der Waals surface area contributed by atoms with Gasteiger partial charge in [0.2, 0.25) is 0 Å². The highest BCUT2D eigenvalue weighted by Crippen LogP contribution is 2.38. The summed E-state index contributed by atoms with van der Waals surface area (Å²) in [7, 11) is 2.10. The minimum absolute atomic E-state index is 0.0342. The van der Waals surface area contributed by atoms with E-state index < -0.39 is 17.6 Å². The number of likely N-dealkylation sites (tertiary alicyclic amines) is 1. The molecular formula is C41H39ClN4O3. The fourth-order valence-corrected chi connectivity index (χ4v) is 7.43. The van der Waals surface area contributed by atoms with Crippen molar-refractivity contribution in [3.8, 4) is 11.4 Å². The van der Waals surface area contributed by atoms with E-state index in [9.17, 15) is 9.59 Å². The molecule has 1 aromatic heterocycles. The van der Waals surface area contributed by atoms with E-state index in [0.29, 0.717) is 16.2 Å². The lowest BCUT2D eigenvalue weighted by Gasteiger charge is -2.38. The second kappa shape index (κ2) is 13.9. The van der Waals surface area contributed by atoms with Crippen LogP contribution in [0.25, 0.3) is 16.7 Å². The van der Waals surface area contributed by atoms with Crippen molar-refractivity contribution in [3.63, 3.8) is 0 Å². The van der Waals surface area contributed by atoms with E-state index in [1.807, 2.05) is 84.3 Å². The molecular weight excluding hydrogens is 632 g/mol. The normalized spacial score (nSPS) is 14.9. The molecule has 1 atom stereocenters. The lowest BCUT2D eigenvalue weighted by molar-refractivity contribution is -0.136. The number of piperidine rings is 1. The Morgan fingerprint density at radius 1 is 0.776 bits per heavy atom. The quantitative estimate of drug-likeness (QED) is 0.0976. The van der Waals surface area contributed by atoms with Crippen LogP contribution in [-0.4, -0.2) is 46.2 Å². The molecule has 0 unspecified atom stereocenters. The maximum atomic E-state index is 14.4. The van der Waals surface area contributed by atoms with Gasteiger partial charge in [-0.25, -0.2) is 9.59 Å². The van der Waals surface area contributed by atoms with Crippen molar-refractivity contribution >= 4 is 28.6 Å². The summed E-state index contributed by atoms with van der Waals surface area (Å²) in [5.74, 6) is -0.215. The van der Waals surface area contributed by atoms with E-state index in [-0.39, 0.29) is 17.5 Å². The first-order valence-electron chi connectivity index (χ1n) is 16.7. The van der Waals surface area contributed by atoms with Crippen LogP contribution in [0.15, 0.2) is 138 Å². The second-order valence-corrected chi connectivity index (χ2v) is 13.1. The Labute approximate surface area is 291 Å².